The lowest BCUT2D eigenvalue weighted by molar-refractivity contribution is 0.464. The molecule has 1 rings (SSSR count). The molecule has 6 heteroatoms. The fraction of sp³-hybridized carbons (Fsp3) is 0.500. The molecule has 1 aromatic rings. The molecule has 0 unspecified atom stereocenters. The van der Waals surface area contributed by atoms with Crippen molar-refractivity contribution in [1.29, 1.82) is 0 Å². The molecule has 4 nitrogen and oxygen atoms in total. The van der Waals surface area contributed by atoms with E-state index in [4.69, 9.17) is 0 Å². The van der Waals surface area contributed by atoms with Gasteiger partial charge in [-0.3, -0.25) is 0 Å². The second kappa shape index (κ2) is 7.23. The molecule has 1 N–H and O–H groups in total. The van der Waals surface area contributed by atoms with Crippen LogP contribution in [0, 0.1) is 0 Å². The van der Waals surface area contributed by atoms with Gasteiger partial charge in [-0.2, -0.15) is 0 Å². The molecule has 0 fully saturated rings. The van der Waals surface area contributed by atoms with E-state index in [2.05, 4.69) is 21.2 Å². The van der Waals surface area contributed by atoms with E-state index in [0.29, 0.717) is 13.1 Å². The van der Waals surface area contributed by atoms with Gasteiger partial charge in [0.15, 0.2) is 0 Å². The monoisotopic (exact) mass is 334 g/mol. The van der Waals surface area contributed by atoms with Gasteiger partial charge in [0.05, 0.1) is 5.75 Å². The lowest BCUT2D eigenvalue weighted by Crippen LogP contribution is -2.33. The van der Waals surface area contributed by atoms with Crippen molar-refractivity contribution in [2.24, 2.45) is 0 Å². The molecular formula is C12H19BrN2O2S. The fourth-order valence-electron chi connectivity index (χ4n) is 1.50. The first kappa shape index (κ1) is 15.6. The molecule has 0 saturated carbocycles. The smallest absolute Gasteiger partial charge is 0.215 e. The number of hydrogen-bond acceptors (Lipinski definition) is 3. The summed E-state index contributed by atoms with van der Waals surface area (Å²) in [4.78, 5) is 0. The minimum atomic E-state index is -3.20. The van der Waals surface area contributed by atoms with Gasteiger partial charge in [-0.25, -0.2) is 12.7 Å². The molecule has 0 bridgehead atoms. The number of nitrogens with one attached hydrogen (secondary N) is 1. The van der Waals surface area contributed by atoms with Crippen LogP contribution in [0.4, 0.5) is 0 Å². The standard InChI is InChI=1S/C12H19BrN2O2S/c1-3-14-8-9-18(16,17)15(2)10-11-6-4-5-7-12(11)13/h4-7,14H,3,8-10H2,1-2H3. The van der Waals surface area contributed by atoms with Gasteiger partial charge >= 0.3 is 0 Å². The topological polar surface area (TPSA) is 49.4 Å². The van der Waals surface area contributed by atoms with Gasteiger partial charge in [0.1, 0.15) is 0 Å². The summed E-state index contributed by atoms with van der Waals surface area (Å²) >= 11 is 3.42. The first-order chi connectivity index (χ1) is 8.47. The van der Waals surface area contributed by atoms with Gasteiger partial charge in [0.25, 0.3) is 0 Å². The van der Waals surface area contributed by atoms with Crippen molar-refractivity contribution in [2.75, 3.05) is 25.9 Å². The normalized spacial score (nSPS) is 12.0. The lowest BCUT2D eigenvalue weighted by atomic mass is 10.2. The molecule has 0 atom stereocenters. The third-order valence-corrected chi connectivity index (χ3v) is 5.18. The van der Waals surface area contributed by atoms with Crippen LogP contribution in [0.5, 0.6) is 0 Å². The zero-order chi connectivity index (χ0) is 13.6. The Morgan fingerprint density at radius 3 is 2.61 bits per heavy atom. The highest BCUT2D eigenvalue weighted by Gasteiger charge is 2.18. The second-order valence-electron chi connectivity index (χ2n) is 4.02. The Labute approximate surface area is 118 Å². The number of nitrogens with zero attached hydrogens (tertiary/aromatic N) is 1. The van der Waals surface area contributed by atoms with Crippen LogP contribution in [0.15, 0.2) is 28.7 Å². The third kappa shape index (κ3) is 4.68. The molecule has 1 aromatic carbocycles. The second-order valence-corrected chi connectivity index (χ2v) is 7.07. The molecule has 0 radical (unpaired) electrons. The zero-order valence-corrected chi connectivity index (χ0v) is 13.1. The number of benzene rings is 1. The zero-order valence-electron chi connectivity index (χ0n) is 10.7. The molecule has 0 amide bonds. The Morgan fingerprint density at radius 2 is 2.00 bits per heavy atom. The van der Waals surface area contributed by atoms with Crippen LogP contribution in [0.3, 0.4) is 0 Å². The maximum atomic E-state index is 12.0. The van der Waals surface area contributed by atoms with Crippen molar-refractivity contribution in [3.8, 4) is 0 Å². The number of halogens is 1. The third-order valence-electron chi connectivity index (χ3n) is 2.61. The Balaban J connectivity index is 2.64. The summed E-state index contributed by atoms with van der Waals surface area (Å²) in [5.41, 5.74) is 0.965. The SMILES string of the molecule is CCNCCS(=O)(=O)N(C)Cc1ccccc1Br. The molecule has 18 heavy (non-hydrogen) atoms. The summed E-state index contributed by atoms with van der Waals surface area (Å²) in [5, 5.41) is 3.02. The van der Waals surface area contributed by atoms with Crippen molar-refractivity contribution in [2.45, 2.75) is 13.5 Å². The molecule has 0 aliphatic carbocycles. The van der Waals surface area contributed by atoms with Gasteiger partial charge in [-0.15, -0.1) is 0 Å². The number of rotatable bonds is 7. The highest BCUT2D eigenvalue weighted by atomic mass is 79.9. The van der Waals surface area contributed by atoms with E-state index in [-0.39, 0.29) is 5.75 Å². The van der Waals surface area contributed by atoms with Crippen LogP contribution < -0.4 is 5.32 Å². The van der Waals surface area contributed by atoms with Crippen LogP contribution in [-0.2, 0) is 16.6 Å². The van der Waals surface area contributed by atoms with E-state index in [9.17, 15) is 8.42 Å². The van der Waals surface area contributed by atoms with Crippen molar-refractivity contribution in [1.82, 2.24) is 9.62 Å². The highest BCUT2D eigenvalue weighted by Crippen LogP contribution is 2.18. The van der Waals surface area contributed by atoms with Crippen LogP contribution in [0.2, 0.25) is 0 Å². The summed E-state index contributed by atoms with van der Waals surface area (Å²) in [6.07, 6.45) is 0. The molecular weight excluding hydrogens is 316 g/mol. The van der Waals surface area contributed by atoms with Crippen molar-refractivity contribution in [3.05, 3.63) is 34.3 Å². The van der Waals surface area contributed by atoms with Gasteiger partial charge in [0.2, 0.25) is 10.0 Å². The van der Waals surface area contributed by atoms with E-state index < -0.39 is 10.0 Å². The average molecular weight is 335 g/mol. The van der Waals surface area contributed by atoms with E-state index >= 15 is 0 Å². The van der Waals surface area contributed by atoms with E-state index in [0.717, 1.165) is 16.6 Å². The van der Waals surface area contributed by atoms with Gasteiger partial charge in [-0.1, -0.05) is 41.1 Å². The van der Waals surface area contributed by atoms with Crippen molar-refractivity contribution in [3.63, 3.8) is 0 Å². The predicted octanol–water partition coefficient (Wildman–Crippen LogP) is 1.82. The van der Waals surface area contributed by atoms with Crippen molar-refractivity contribution < 1.29 is 8.42 Å². The summed E-state index contributed by atoms with van der Waals surface area (Å²) in [6, 6.07) is 7.64. The molecule has 0 saturated heterocycles. The maximum absolute atomic E-state index is 12.0. The van der Waals surface area contributed by atoms with Gasteiger partial charge in [0, 0.05) is 24.6 Å². The Hall–Kier alpha value is -0.430. The number of sulfonamides is 1. The van der Waals surface area contributed by atoms with E-state index in [1.54, 1.807) is 7.05 Å². The minimum Gasteiger partial charge on any atom is -0.316 e. The van der Waals surface area contributed by atoms with Gasteiger partial charge < -0.3 is 5.32 Å². The number of hydrogen-bond donors (Lipinski definition) is 1. The summed E-state index contributed by atoms with van der Waals surface area (Å²) in [6.45, 7) is 3.61. The molecule has 0 aliphatic rings. The molecule has 0 aromatic heterocycles. The molecule has 102 valence electrons. The van der Waals surface area contributed by atoms with Crippen LogP contribution in [-0.4, -0.2) is 38.6 Å². The van der Waals surface area contributed by atoms with Crippen LogP contribution >= 0.6 is 15.9 Å². The molecule has 0 aliphatic heterocycles. The minimum absolute atomic E-state index is 0.127. The largest absolute Gasteiger partial charge is 0.316 e. The van der Waals surface area contributed by atoms with Gasteiger partial charge in [-0.05, 0) is 18.2 Å². The van der Waals surface area contributed by atoms with E-state index in [1.165, 1.54) is 4.31 Å². The quantitative estimate of drug-likeness (QED) is 0.774. The summed E-state index contributed by atoms with van der Waals surface area (Å²) in [7, 11) is -1.59. The lowest BCUT2D eigenvalue weighted by Gasteiger charge is -2.18. The first-order valence-corrected chi connectivity index (χ1v) is 8.25. The van der Waals surface area contributed by atoms with Crippen LogP contribution in [0.1, 0.15) is 12.5 Å². The predicted molar refractivity (Wildman–Crippen MR) is 77.9 cm³/mol. The molecule has 0 heterocycles. The first-order valence-electron chi connectivity index (χ1n) is 5.85. The summed E-state index contributed by atoms with van der Waals surface area (Å²) < 4.78 is 26.3. The van der Waals surface area contributed by atoms with Crippen molar-refractivity contribution >= 4 is 26.0 Å². The Bertz CT molecular complexity index is 477. The fourth-order valence-corrected chi connectivity index (χ4v) is 2.96. The average Bonchev–Trinajstić information content (AvgIpc) is 2.32. The highest BCUT2D eigenvalue weighted by molar-refractivity contribution is 9.10. The Kier molecular flexibility index (Phi) is 6.28. The van der Waals surface area contributed by atoms with E-state index in [1.807, 2.05) is 31.2 Å². The molecule has 0 spiro atoms. The summed E-state index contributed by atoms with van der Waals surface area (Å²) in [5.74, 6) is 0.127. The maximum Gasteiger partial charge on any atom is 0.215 e. The Morgan fingerprint density at radius 1 is 1.33 bits per heavy atom. The van der Waals surface area contributed by atoms with Crippen LogP contribution in [0.25, 0.3) is 0 Å².